The summed E-state index contributed by atoms with van der Waals surface area (Å²) in [7, 11) is 3.41. The van der Waals surface area contributed by atoms with Crippen molar-refractivity contribution < 1.29 is 33.6 Å². The number of carboxylic acid groups (broad SMARTS) is 1. The number of ether oxygens (including phenoxy) is 5. The van der Waals surface area contributed by atoms with Crippen molar-refractivity contribution in [1.29, 1.82) is 0 Å². The van der Waals surface area contributed by atoms with Gasteiger partial charge in [0.1, 0.15) is 11.5 Å². The number of rotatable bonds is 16. The van der Waals surface area contributed by atoms with Gasteiger partial charge in [-0.25, -0.2) is 4.79 Å². The fourth-order valence-electron chi connectivity index (χ4n) is 6.76. The monoisotopic (exact) mass is 646 g/mol. The van der Waals surface area contributed by atoms with Crippen LogP contribution < -0.4 is 14.4 Å². The third-order valence-corrected chi connectivity index (χ3v) is 9.25. The van der Waals surface area contributed by atoms with Crippen LogP contribution in [-0.2, 0) is 32.8 Å². The lowest BCUT2D eigenvalue weighted by atomic mass is 9.86. The molecule has 2 aliphatic heterocycles. The molecule has 5 rings (SSSR count). The molecule has 0 saturated carbocycles. The highest BCUT2D eigenvalue weighted by Gasteiger charge is 2.36. The number of para-hydroxylation sites is 1. The van der Waals surface area contributed by atoms with Crippen LogP contribution in [0.5, 0.6) is 11.5 Å². The zero-order valence-corrected chi connectivity index (χ0v) is 28.3. The lowest BCUT2D eigenvalue weighted by molar-refractivity contribution is -0.0199. The largest absolute Gasteiger partial charge is 0.496 e. The highest BCUT2D eigenvalue weighted by atomic mass is 16.5. The Kier molecular flexibility index (Phi) is 12.0. The van der Waals surface area contributed by atoms with Gasteiger partial charge >= 0.3 is 6.09 Å². The maximum absolute atomic E-state index is 11.9. The van der Waals surface area contributed by atoms with Crippen LogP contribution in [0.2, 0.25) is 0 Å². The summed E-state index contributed by atoms with van der Waals surface area (Å²) >= 11 is 0. The fourth-order valence-corrected chi connectivity index (χ4v) is 6.76. The Hall–Kier alpha value is -3.79. The van der Waals surface area contributed by atoms with Crippen molar-refractivity contribution in [3.63, 3.8) is 0 Å². The third kappa shape index (κ3) is 8.97. The van der Waals surface area contributed by atoms with Gasteiger partial charge in [-0.2, -0.15) is 0 Å². The second-order valence-electron chi connectivity index (χ2n) is 13.1. The Balaban J connectivity index is 1.16. The molecule has 1 saturated heterocycles. The first-order valence-corrected chi connectivity index (χ1v) is 16.7. The second kappa shape index (κ2) is 16.4. The molecule has 1 N–H and O–H groups in total. The van der Waals surface area contributed by atoms with E-state index in [2.05, 4.69) is 49.1 Å². The second-order valence-corrected chi connectivity index (χ2v) is 13.1. The number of benzene rings is 3. The lowest BCUT2D eigenvalue weighted by Gasteiger charge is -2.37. The van der Waals surface area contributed by atoms with E-state index in [0.717, 1.165) is 60.7 Å². The van der Waals surface area contributed by atoms with E-state index in [1.165, 1.54) is 16.2 Å². The van der Waals surface area contributed by atoms with Gasteiger partial charge in [-0.05, 0) is 53.8 Å². The fraction of sp³-hybridized carbons (Fsp3) is 0.500. The summed E-state index contributed by atoms with van der Waals surface area (Å²) < 4.78 is 29.0. The van der Waals surface area contributed by atoms with Crippen LogP contribution in [0.1, 0.15) is 61.3 Å². The Labute approximate surface area is 279 Å². The molecule has 3 aromatic carbocycles. The Morgan fingerprint density at radius 3 is 2.53 bits per heavy atom. The average Bonchev–Trinajstić information content (AvgIpc) is 3.34. The molecule has 0 aromatic heterocycles. The summed E-state index contributed by atoms with van der Waals surface area (Å²) in [6.07, 6.45) is 1.29. The number of fused-ring (bicyclic) bond motifs is 1. The zero-order valence-electron chi connectivity index (χ0n) is 28.3. The van der Waals surface area contributed by atoms with E-state index in [1.807, 2.05) is 36.4 Å². The predicted molar refractivity (Wildman–Crippen MR) is 183 cm³/mol. The topological polar surface area (TPSA) is 89.9 Å². The molecule has 0 spiro atoms. The Morgan fingerprint density at radius 2 is 1.77 bits per heavy atom. The van der Waals surface area contributed by atoms with E-state index in [9.17, 15) is 9.90 Å². The summed E-state index contributed by atoms with van der Waals surface area (Å²) in [4.78, 5) is 15.8. The van der Waals surface area contributed by atoms with Crippen LogP contribution in [0.25, 0.3) is 0 Å². The molecule has 1 fully saturated rings. The highest BCUT2D eigenvalue weighted by molar-refractivity contribution is 5.65. The summed E-state index contributed by atoms with van der Waals surface area (Å²) in [5, 5.41) is 9.75. The highest BCUT2D eigenvalue weighted by Crippen LogP contribution is 2.41. The van der Waals surface area contributed by atoms with Gasteiger partial charge in [-0.15, -0.1) is 0 Å². The number of amides is 1. The molecule has 3 aromatic rings. The molecule has 0 radical (unpaired) electrons. The minimum Gasteiger partial charge on any atom is -0.496 e. The van der Waals surface area contributed by atoms with Crippen molar-refractivity contribution in [2.24, 2.45) is 0 Å². The Bertz CT molecular complexity index is 1440. The van der Waals surface area contributed by atoms with Gasteiger partial charge in [0.05, 0.1) is 46.2 Å². The molecular formula is C38H50N2O7. The van der Waals surface area contributed by atoms with Crippen LogP contribution in [0.4, 0.5) is 10.5 Å². The van der Waals surface area contributed by atoms with E-state index >= 15 is 0 Å². The van der Waals surface area contributed by atoms with Crippen LogP contribution in [-0.4, -0.2) is 82.4 Å². The number of methoxy groups -OCH3 is 2. The maximum Gasteiger partial charge on any atom is 0.407 e. The molecule has 2 heterocycles. The van der Waals surface area contributed by atoms with Crippen LogP contribution in [0.15, 0.2) is 66.7 Å². The molecular weight excluding hydrogens is 596 g/mol. The number of hydrogen-bond acceptors (Lipinski definition) is 7. The zero-order chi connectivity index (χ0) is 33.2. The molecule has 254 valence electrons. The summed E-state index contributed by atoms with van der Waals surface area (Å²) in [5.74, 6) is 1.72. The standard InChI is InChI=1S/C38H50N2O7/c1-38(2)27-40(18-7-20-43-3)34-23-28(11-16-33(34)38)25-47-36-24-39(37(41)42)19-17-32(36)29-12-14-31(15-13-29)46-22-8-21-45-26-30-9-5-6-10-35(30)44-4/h5-6,9-16,23,32,36H,7-8,17-22,24-27H2,1-4H3,(H,41,42). The number of nitrogens with zero attached hydrogens (tertiary/aromatic N) is 2. The van der Waals surface area contributed by atoms with Gasteiger partial charge in [0.2, 0.25) is 0 Å². The third-order valence-electron chi connectivity index (χ3n) is 9.25. The quantitative estimate of drug-likeness (QED) is 0.169. The lowest BCUT2D eigenvalue weighted by Crippen LogP contribution is -2.46. The molecule has 47 heavy (non-hydrogen) atoms. The summed E-state index contributed by atoms with van der Waals surface area (Å²) in [6.45, 7) is 10.1. The number of piperidine rings is 1. The van der Waals surface area contributed by atoms with E-state index in [-0.39, 0.29) is 17.4 Å². The van der Waals surface area contributed by atoms with E-state index in [0.29, 0.717) is 45.9 Å². The van der Waals surface area contributed by atoms with Crippen molar-refractivity contribution in [2.75, 3.05) is 65.1 Å². The van der Waals surface area contributed by atoms with Crippen molar-refractivity contribution in [1.82, 2.24) is 4.90 Å². The van der Waals surface area contributed by atoms with Crippen LogP contribution >= 0.6 is 0 Å². The minimum absolute atomic E-state index is 0.0823. The molecule has 2 atom stereocenters. The normalized spacial score (nSPS) is 18.6. The molecule has 9 nitrogen and oxygen atoms in total. The summed E-state index contributed by atoms with van der Waals surface area (Å²) in [5.41, 5.74) is 5.96. The molecule has 1 amide bonds. The molecule has 2 unspecified atom stereocenters. The average molecular weight is 647 g/mol. The van der Waals surface area contributed by atoms with Gasteiger partial charge in [0.15, 0.2) is 0 Å². The van der Waals surface area contributed by atoms with Crippen LogP contribution in [0.3, 0.4) is 0 Å². The minimum atomic E-state index is -0.904. The smallest absolute Gasteiger partial charge is 0.407 e. The first-order valence-electron chi connectivity index (χ1n) is 16.7. The number of carbonyl (C=O) groups is 1. The van der Waals surface area contributed by atoms with Gasteiger partial charge in [0.25, 0.3) is 0 Å². The SMILES string of the molecule is COCCCN1CC(C)(C)c2ccc(COC3CN(C(=O)O)CCC3c3ccc(OCCCOCc4ccccc4OC)cc3)cc21. The van der Waals surface area contributed by atoms with Crippen molar-refractivity contribution in [3.05, 3.63) is 89.0 Å². The molecule has 9 heteroatoms. The van der Waals surface area contributed by atoms with Gasteiger partial charge < -0.3 is 38.6 Å². The van der Waals surface area contributed by atoms with Crippen molar-refractivity contribution in [3.8, 4) is 11.5 Å². The van der Waals surface area contributed by atoms with E-state index in [1.54, 1.807) is 14.2 Å². The maximum atomic E-state index is 11.9. The first kappa shape index (κ1) is 34.5. The number of hydrogen-bond donors (Lipinski definition) is 1. The number of likely N-dealkylation sites (tertiary alicyclic amines) is 1. The van der Waals surface area contributed by atoms with Gasteiger partial charge in [-0.1, -0.05) is 56.3 Å². The summed E-state index contributed by atoms with van der Waals surface area (Å²) in [6, 6.07) is 22.7. The predicted octanol–water partition coefficient (Wildman–Crippen LogP) is 6.87. The van der Waals surface area contributed by atoms with Crippen molar-refractivity contribution in [2.45, 2.75) is 63.8 Å². The van der Waals surface area contributed by atoms with E-state index in [4.69, 9.17) is 23.7 Å². The van der Waals surface area contributed by atoms with Crippen molar-refractivity contribution >= 4 is 11.8 Å². The molecule has 2 aliphatic rings. The van der Waals surface area contributed by atoms with E-state index < -0.39 is 6.09 Å². The Morgan fingerprint density at radius 1 is 0.957 bits per heavy atom. The molecule has 0 bridgehead atoms. The van der Waals surface area contributed by atoms with Gasteiger partial charge in [-0.3, -0.25) is 0 Å². The van der Waals surface area contributed by atoms with Gasteiger partial charge in [0, 0.05) is 62.4 Å². The number of anilines is 1. The van der Waals surface area contributed by atoms with Crippen LogP contribution in [0, 0.1) is 0 Å². The molecule has 0 aliphatic carbocycles. The first-order chi connectivity index (χ1) is 22.8.